The van der Waals surface area contributed by atoms with Crippen molar-refractivity contribution < 1.29 is 19.4 Å². The van der Waals surface area contributed by atoms with Gasteiger partial charge in [-0.2, -0.15) is 0 Å². The van der Waals surface area contributed by atoms with E-state index in [1.54, 1.807) is 0 Å². The zero-order chi connectivity index (χ0) is 13.7. The number of carbonyl (C=O) groups excluding carboxylic acids is 1. The summed E-state index contributed by atoms with van der Waals surface area (Å²) in [6, 6.07) is 1.75. The Labute approximate surface area is 125 Å². The molecular formula is C10H11Cl3N2O4. The molecule has 0 aliphatic heterocycles. The molecule has 0 aliphatic carbocycles. The molecule has 0 amide bonds. The van der Waals surface area contributed by atoms with Gasteiger partial charge in [0, 0.05) is 0 Å². The van der Waals surface area contributed by atoms with Gasteiger partial charge in [-0.3, -0.25) is 9.59 Å². The molecule has 0 spiro atoms. The molecule has 3 N–H and O–H groups in total. The predicted molar refractivity (Wildman–Crippen MR) is 71.5 cm³/mol. The summed E-state index contributed by atoms with van der Waals surface area (Å²) in [7, 11) is 0. The van der Waals surface area contributed by atoms with Gasteiger partial charge in [-0.05, 0) is 17.7 Å². The molecule has 0 fully saturated rings. The third-order valence-corrected chi connectivity index (χ3v) is 2.29. The van der Waals surface area contributed by atoms with Crippen LogP contribution in [0.25, 0.3) is 0 Å². The Morgan fingerprint density at radius 1 is 1.37 bits per heavy atom. The molecule has 6 nitrogen and oxygen atoms in total. The van der Waals surface area contributed by atoms with Crippen molar-refractivity contribution in [2.24, 2.45) is 5.73 Å². The molecule has 19 heavy (non-hydrogen) atoms. The number of hydrogen-bond acceptors (Lipinski definition) is 5. The second-order valence-corrected chi connectivity index (χ2v) is 4.21. The third kappa shape index (κ3) is 6.58. The second-order valence-electron chi connectivity index (χ2n) is 3.43. The summed E-state index contributed by atoms with van der Waals surface area (Å²) >= 11 is 11.3. The van der Waals surface area contributed by atoms with Gasteiger partial charge in [0.25, 0.3) is 0 Å². The number of aliphatic carboxylic acids is 1. The Balaban J connectivity index is 0.00000324. The van der Waals surface area contributed by atoms with Gasteiger partial charge >= 0.3 is 11.9 Å². The molecule has 1 atom stereocenters. The van der Waals surface area contributed by atoms with E-state index in [4.69, 9.17) is 38.8 Å². The van der Waals surface area contributed by atoms with Gasteiger partial charge in [0.05, 0.1) is 6.42 Å². The molecule has 106 valence electrons. The standard InChI is InChI=1S/C10H10Cl2N2O4.ClH/c11-7-1-5(2-8(12)14-7)4-18-10(17)6(13)3-9(15)16;/h1-2,6H,3-4,13H2,(H,15,16);1H/t6-;/m0./s1. The lowest BCUT2D eigenvalue weighted by Gasteiger charge is -2.09. The largest absolute Gasteiger partial charge is 0.481 e. The van der Waals surface area contributed by atoms with Crippen LogP contribution in [0, 0.1) is 0 Å². The zero-order valence-corrected chi connectivity index (χ0v) is 11.8. The lowest BCUT2D eigenvalue weighted by molar-refractivity contribution is -0.150. The number of nitrogens with zero attached hydrogens (tertiary/aromatic N) is 1. The fraction of sp³-hybridized carbons (Fsp3) is 0.300. The minimum atomic E-state index is -1.20. The Morgan fingerprint density at radius 2 is 1.89 bits per heavy atom. The molecule has 0 saturated heterocycles. The van der Waals surface area contributed by atoms with Crippen LogP contribution in [0.4, 0.5) is 0 Å². The Hall–Kier alpha value is -1.08. The van der Waals surface area contributed by atoms with Gasteiger partial charge in [-0.15, -0.1) is 12.4 Å². The number of carbonyl (C=O) groups is 2. The lowest BCUT2D eigenvalue weighted by Crippen LogP contribution is -2.34. The molecule has 0 aliphatic rings. The van der Waals surface area contributed by atoms with Crippen LogP contribution in [0.3, 0.4) is 0 Å². The fourth-order valence-electron chi connectivity index (χ4n) is 1.13. The summed E-state index contributed by atoms with van der Waals surface area (Å²) in [5.41, 5.74) is 5.86. The highest BCUT2D eigenvalue weighted by Crippen LogP contribution is 2.15. The SMILES string of the molecule is Cl.N[C@@H](CC(=O)O)C(=O)OCc1cc(Cl)nc(Cl)c1. The quantitative estimate of drug-likeness (QED) is 0.629. The van der Waals surface area contributed by atoms with E-state index in [0.29, 0.717) is 5.56 Å². The minimum absolute atomic E-state index is 0. The lowest BCUT2D eigenvalue weighted by atomic mass is 10.2. The Bertz CT molecular complexity index is 450. The number of rotatable bonds is 5. The van der Waals surface area contributed by atoms with Crippen molar-refractivity contribution in [2.75, 3.05) is 0 Å². The molecule has 0 saturated carbocycles. The molecule has 0 aromatic carbocycles. The number of hydrogen-bond donors (Lipinski definition) is 2. The first-order valence-electron chi connectivity index (χ1n) is 4.84. The molecule has 1 heterocycles. The average Bonchev–Trinajstić information content (AvgIpc) is 2.23. The number of pyridine rings is 1. The first-order valence-corrected chi connectivity index (χ1v) is 5.60. The van der Waals surface area contributed by atoms with Crippen molar-refractivity contribution in [2.45, 2.75) is 19.1 Å². The van der Waals surface area contributed by atoms with Crippen LogP contribution in [0.15, 0.2) is 12.1 Å². The third-order valence-electron chi connectivity index (χ3n) is 1.90. The van der Waals surface area contributed by atoms with Gasteiger partial charge in [0.2, 0.25) is 0 Å². The van der Waals surface area contributed by atoms with E-state index in [-0.39, 0.29) is 29.3 Å². The number of esters is 1. The van der Waals surface area contributed by atoms with Crippen molar-refractivity contribution in [3.63, 3.8) is 0 Å². The number of halogens is 3. The summed E-state index contributed by atoms with van der Waals surface area (Å²) in [6.45, 7) is -0.103. The fourth-order valence-corrected chi connectivity index (χ4v) is 1.64. The van der Waals surface area contributed by atoms with Crippen LogP contribution in [-0.2, 0) is 20.9 Å². The van der Waals surface area contributed by atoms with E-state index in [1.807, 2.05) is 0 Å². The topological polar surface area (TPSA) is 103 Å². The maximum Gasteiger partial charge on any atom is 0.323 e. The monoisotopic (exact) mass is 328 g/mol. The first kappa shape index (κ1) is 17.9. The van der Waals surface area contributed by atoms with E-state index < -0.39 is 24.4 Å². The maximum atomic E-state index is 11.3. The van der Waals surface area contributed by atoms with E-state index in [2.05, 4.69) is 4.98 Å². The predicted octanol–water partition coefficient (Wildman–Crippen LogP) is 1.66. The number of ether oxygens (including phenoxy) is 1. The molecule has 0 unspecified atom stereocenters. The van der Waals surface area contributed by atoms with Crippen molar-refractivity contribution >= 4 is 47.5 Å². The molecular weight excluding hydrogens is 318 g/mol. The second kappa shape index (κ2) is 8.16. The van der Waals surface area contributed by atoms with Crippen molar-refractivity contribution in [3.05, 3.63) is 28.0 Å². The molecule has 9 heteroatoms. The number of nitrogens with two attached hydrogens (primary N) is 1. The maximum absolute atomic E-state index is 11.3. The van der Waals surface area contributed by atoms with Gasteiger partial charge in [0.15, 0.2) is 0 Å². The summed E-state index contributed by atoms with van der Waals surface area (Å²) in [5.74, 6) is -1.98. The molecule has 0 radical (unpaired) electrons. The van der Waals surface area contributed by atoms with Crippen molar-refractivity contribution in [1.82, 2.24) is 4.98 Å². The van der Waals surface area contributed by atoms with Gasteiger partial charge < -0.3 is 15.6 Å². The van der Waals surface area contributed by atoms with Crippen LogP contribution >= 0.6 is 35.6 Å². The molecule has 1 rings (SSSR count). The van der Waals surface area contributed by atoms with Crippen molar-refractivity contribution in [3.8, 4) is 0 Å². The Kier molecular flexibility index (Phi) is 7.70. The van der Waals surface area contributed by atoms with Crippen LogP contribution in [-0.4, -0.2) is 28.1 Å². The molecule has 0 bridgehead atoms. The summed E-state index contributed by atoms with van der Waals surface area (Å²) in [5, 5.41) is 8.80. The average molecular weight is 330 g/mol. The van der Waals surface area contributed by atoms with E-state index in [1.165, 1.54) is 12.1 Å². The van der Waals surface area contributed by atoms with Crippen LogP contribution in [0.1, 0.15) is 12.0 Å². The Morgan fingerprint density at radius 3 is 2.37 bits per heavy atom. The van der Waals surface area contributed by atoms with Crippen LogP contribution < -0.4 is 5.73 Å². The summed E-state index contributed by atoms with van der Waals surface area (Å²) < 4.78 is 4.83. The van der Waals surface area contributed by atoms with E-state index >= 15 is 0 Å². The highest BCUT2D eigenvalue weighted by molar-refractivity contribution is 6.32. The first-order chi connectivity index (χ1) is 8.38. The van der Waals surface area contributed by atoms with Gasteiger partial charge in [-0.1, -0.05) is 23.2 Å². The zero-order valence-electron chi connectivity index (χ0n) is 9.51. The smallest absolute Gasteiger partial charge is 0.323 e. The number of aromatic nitrogens is 1. The van der Waals surface area contributed by atoms with Crippen molar-refractivity contribution in [1.29, 1.82) is 0 Å². The molecule has 1 aromatic rings. The summed E-state index contributed by atoms with van der Waals surface area (Å²) in [6.07, 6.45) is -0.489. The van der Waals surface area contributed by atoms with Crippen LogP contribution in [0.5, 0.6) is 0 Å². The molecule has 1 aromatic heterocycles. The van der Waals surface area contributed by atoms with Gasteiger partial charge in [-0.25, -0.2) is 4.98 Å². The van der Waals surface area contributed by atoms with E-state index in [0.717, 1.165) is 0 Å². The highest BCUT2D eigenvalue weighted by atomic mass is 35.5. The van der Waals surface area contributed by atoms with E-state index in [9.17, 15) is 9.59 Å². The minimum Gasteiger partial charge on any atom is -0.481 e. The number of carboxylic acids is 1. The highest BCUT2D eigenvalue weighted by Gasteiger charge is 2.18. The summed E-state index contributed by atoms with van der Waals surface area (Å²) in [4.78, 5) is 25.4. The number of carboxylic acid groups (broad SMARTS) is 1. The van der Waals surface area contributed by atoms with Crippen LogP contribution in [0.2, 0.25) is 10.3 Å². The van der Waals surface area contributed by atoms with Gasteiger partial charge in [0.1, 0.15) is 23.0 Å². The normalized spacial score (nSPS) is 11.3.